The summed E-state index contributed by atoms with van der Waals surface area (Å²) >= 11 is 8.23. The van der Waals surface area contributed by atoms with Crippen molar-refractivity contribution in [3.8, 4) is 5.75 Å². The molecule has 1 aliphatic carbocycles. The number of thiophene rings is 1. The van der Waals surface area contributed by atoms with Crippen LogP contribution in [0.3, 0.4) is 0 Å². The smallest absolute Gasteiger partial charge is 0.137 e. The molecule has 1 aromatic carbocycles. The molecule has 1 heterocycles. The van der Waals surface area contributed by atoms with Gasteiger partial charge in [-0.25, -0.2) is 0 Å². The summed E-state index contributed by atoms with van der Waals surface area (Å²) in [6.45, 7) is 3.07. The SMILES string of the molecule is CCNC(c1ccc(OC)c(Cl)c1)c1cc2c(s1)CCC2. The zero-order valence-corrected chi connectivity index (χ0v) is 14.0. The lowest BCUT2D eigenvalue weighted by atomic mass is 10.0. The van der Waals surface area contributed by atoms with Crippen molar-refractivity contribution < 1.29 is 4.74 Å². The van der Waals surface area contributed by atoms with E-state index in [0.29, 0.717) is 5.02 Å². The Morgan fingerprint density at radius 2 is 2.19 bits per heavy atom. The molecule has 1 N–H and O–H groups in total. The van der Waals surface area contributed by atoms with Crippen LogP contribution in [0.15, 0.2) is 24.3 Å². The Morgan fingerprint density at radius 3 is 2.86 bits per heavy atom. The summed E-state index contributed by atoms with van der Waals surface area (Å²) in [5, 5.41) is 4.25. The topological polar surface area (TPSA) is 21.3 Å². The minimum Gasteiger partial charge on any atom is -0.495 e. The fraction of sp³-hybridized carbons (Fsp3) is 0.412. The van der Waals surface area contributed by atoms with Gasteiger partial charge in [0, 0.05) is 9.75 Å². The Labute approximate surface area is 135 Å². The molecule has 0 spiro atoms. The van der Waals surface area contributed by atoms with Gasteiger partial charge < -0.3 is 10.1 Å². The first-order valence-electron chi connectivity index (χ1n) is 7.41. The third kappa shape index (κ3) is 2.96. The van der Waals surface area contributed by atoms with Crippen LogP contribution in [0, 0.1) is 0 Å². The number of ether oxygens (including phenoxy) is 1. The quantitative estimate of drug-likeness (QED) is 0.869. The van der Waals surface area contributed by atoms with Crippen LogP contribution in [0.1, 0.15) is 40.3 Å². The van der Waals surface area contributed by atoms with E-state index in [1.807, 2.05) is 23.5 Å². The predicted molar refractivity (Wildman–Crippen MR) is 89.9 cm³/mol. The second-order valence-corrected chi connectivity index (χ2v) is 6.91. The number of rotatable bonds is 5. The molecule has 0 saturated carbocycles. The lowest BCUT2D eigenvalue weighted by molar-refractivity contribution is 0.414. The molecular formula is C17H20ClNOS. The molecule has 1 unspecified atom stereocenters. The van der Waals surface area contributed by atoms with Crippen molar-refractivity contribution in [2.45, 2.75) is 32.2 Å². The van der Waals surface area contributed by atoms with Gasteiger partial charge in [0.15, 0.2) is 0 Å². The van der Waals surface area contributed by atoms with E-state index in [4.69, 9.17) is 16.3 Å². The number of hydrogen-bond donors (Lipinski definition) is 1. The fourth-order valence-electron chi connectivity index (χ4n) is 2.94. The molecule has 0 radical (unpaired) electrons. The fourth-order valence-corrected chi connectivity index (χ4v) is 4.57. The van der Waals surface area contributed by atoms with E-state index in [0.717, 1.165) is 12.3 Å². The Bertz CT molecular complexity index is 616. The average Bonchev–Trinajstić information content (AvgIpc) is 3.05. The summed E-state index contributed by atoms with van der Waals surface area (Å²) in [6.07, 6.45) is 3.78. The van der Waals surface area contributed by atoms with Crippen molar-refractivity contribution in [1.29, 1.82) is 0 Å². The van der Waals surface area contributed by atoms with E-state index in [9.17, 15) is 0 Å². The molecule has 3 rings (SSSR count). The minimum absolute atomic E-state index is 0.217. The van der Waals surface area contributed by atoms with Crippen LogP contribution in [0.5, 0.6) is 5.75 Å². The number of aryl methyl sites for hydroxylation is 2. The summed E-state index contributed by atoms with van der Waals surface area (Å²) in [5.74, 6) is 0.726. The molecule has 21 heavy (non-hydrogen) atoms. The number of fused-ring (bicyclic) bond motifs is 1. The number of benzene rings is 1. The van der Waals surface area contributed by atoms with E-state index < -0.39 is 0 Å². The summed E-state index contributed by atoms with van der Waals surface area (Å²) in [7, 11) is 1.65. The molecule has 1 atom stereocenters. The average molecular weight is 322 g/mol. The normalized spacial score (nSPS) is 15.0. The van der Waals surface area contributed by atoms with Crippen molar-refractivity contribution in [3.63, 3.8) is 0 Å². The van der Waals surface area contributed by atoms with Crippen LogP contribution in [0.25, 0.3) is 0 Å². The first kappa shape index (κ1) is 14.9. The summed E-state index contributed by atoms with van der Waals surface area (Å²) in [4.78, 5) is 2.95. The second-order valence-electron chi connectivity index (χ2n) is 5.34. The van der Waals surface area contributed by atoms with Crippen LogP contribution >= 0.6 is 22.9 Å². The largest absolute Gasteiger partial charge is 0.495 e. The van der Waals surface area contributed by atoms with Crippen molar-refractivity contribution in [3.05, 3.63) is 50.2 Å². The van der Waals surface area contributed by atoms with Gasteiger partial charge >= 0.3 is 0 Å². The van der Waals surface area contributed by atoms with E-state index in [1.54, 1.807) is 12.0 Å². The Morgan fingerprint density at radius 1 is 1.33 bits per heavy atom. The Kier molecular flexibility index (Phi) is 4.53. The van der Waals surface area contributed by atoms with Gasteiger partial charge in [-0.3, -0.25) is 0 Å². The molecule has 0 bridgehead atoms. The molecule has 2 aromatic rings. The maximum atomic E-state index is 6.29. The van der Waals surface area contributed by atoms with Crippen LogP contribution in [-0.4, -0.2) is 13.7 Å². The van der Waals surface area contributed by atoms with Gasteiger partial charge in [-0.05, 0) is 55.1 Å². The van der Waals surface area contributed by atoms with Crippen LogP contribution in [0.2, 0.25) is 5.02 Å². The Balaban J connectivity index is 1.95. The minimum atomic E-state index is 0.217. The number of nitrogens with one attached hydrogen (secondary N) is 1. The highest BCUT2D eigenvalue weighted by atomic mass is 35.5. The highest BCUT2D eigenvalue weighted by molar-refractivity contribution is 7.12. The molecular weight excluding hydrogens is 302 g/mol. The van der Waals surface area contributed by atoms with Crippen molar-refractivity contribution in [2.24, 2.45) is 0 Å². The van der Waals surface area contributed by atoms with Crippen molar-refractivity contribution in [1.82, 2.24) is 5.32 Å². The maximum absolute atomic E-state index is 6.29. The van der Waals surface area contributed by atoms with Gasteiger partial charge in [-0.2, -0.15) is 0 Å². The van der Waals surface area contributed by atoms with Crippen molar-refractivity contribution in [2.75, 3.05) is 13.7 Å². The predicted octanol–water partition coefficient (Wildman–Crippen LogP) is 4.60. The number of halogens is 1. The standard InChI is InChI=1S/C17H20ClNOS/c1-3-19-17(12-7-8-14(20-2)13(18)9-12)16-10-11-5-4-6-15(11)21-16/h7-10,17,19H,3-6H2,1-2H3. The van der Waals surface area contributed by atoms with E-state index in [2.05, 4.69) is 24.4 Å². The molecule has 1 aromatic heterocycles. The lowest BCUT2D eigenvalue weighted by Crippen LogP contribution is -2.21. The molecule has 4 heteroatoms. The summed E-state index contributed by atoms with van der Waals surface area (Å²) in [6, 6.07) is 8.65. The third-order valence-corrected chi connectivity index (χ3v) is 5.56. The second kappa shape index (κ2) is 6.39. The highest BCUT2D eigenvalue weighted by Gasteiger charge is 2.21. The highest BCUT2D eigenvalue weighted by Crippen LogP contribution is 2.37. The monoisotopic (exact) mass is 321 g/mol. The number of methoxy groups -OCH3 is 1. The van der Waals surface area contributed by atoms with Crippen LogP contribution < -0.4 is 10.1 Å². The van der Waals surface area contributed by atoms with Gasteiger partial charge in [0.25, 0.3) is 0 Å². The molecule has 0 fully saturated rings. The number of hydrogen-bond acceptors (Lipinski definition) is 3. The van der Waals surface area contributed by atoms with Gasteiger partial charge in [-0.15, -0.1) is 11.3 Å². The van der Waals surface area contributed by atoms with Gasteiger partial charge in [0.2, 0.25) is 0 Å². The van der Waals surface area contributed by atoms with Crippen LogP contribution in [-0.2, 0) is 12.8 Å². The van der Waals surface area contributed by atoms with E-state index in [1.165, 1.54) is 35.3 Å². The first-order chi connectivity index (χ1) is 10.2. The third-order valence-electron chi connectivity index (χ3n) is 3.97. The van der Waals surface area contributed by atoms with E-state index >= 15 is 0 Å². The summed E-state index contributed by atoms with van der Waals surface area (Å²) < 4.78 is 5.25. The van der Waals surface area contributed by atoms with Gasteiger partial charge in [0.1, 0.15) is 5.75 Å². The van der Waals surface area contributed by atoms with Crippen molar-refractivity contribution >= 4 is 22.9 Å². The van der Waals surface area contributed by atoms with E-state index in [-0.39, 0.29) is 6.04 Å². The van der Waals surface area contributed by atoms with Gasteiger partial charge in [0.05, 0.1) is 18.2 Å². The molecule has 1 aliphatic rings. The molecule has 0 aliphatic heterocycles. The molecule has 0 saturated heterocycles. The summed E-state index contributed by atoms with van der Waals surface area (Å²) in [5.41, 5.74) is 2.74. The van der Waals surface area contributed by atoms with Crippen LogP contribution in [0.4, 0.5) is 0 Å². The lowest BCUT2D eigenvalue weighted by Gasteiger charge is -2.18. The van der Waals surface area contributed by atoms with Gasteiger partial charge in [-0.1, -0.05) is 24.6 Å². The molecule has 2 nitrogen and oxygen atoms in total. The molecule has 112 valence electrons. The first-order valence-corrected chi connectivity index (χ1v) is 8.60. The zero-order valence-electron chi connectivity index (χ0n) is 12.4. The maximum Gasteiger partial charge on any atom is 0.137 e. The molecule has 0 amide bonds. The zero-order chi connectivity index (χ0) is 14.8. The Hall–Kier alpha value is -1.03.